The Bertz CT molecular complexity index is 454. The van der Waals surface area contributed by atoms with Crippen LogP contribution in [-0.2, 0) is 15.4 Å². The highest BCUT2D eigenvalue weighted by Crippen LogP contribution is 2.07. The number of ether oxygens (including phenoxy) is 2. The molecular weight excluding hydrogens is 284 g/mol. The van der Waals surface area contributed by atoms with Crippen LogP contribution in [0, 0.1) is 0 Å². The first-order valence-corrected chi connectivity index (χ1v) is 6.60. The number of nitrogens with one attached hydrogen (secondary N) is 1. The van der Waals surface area contributed by atoms with Crippen molar-refractivity contribution in [2.24, 2.45) is 5.73 Å². The lowest BCUT2D eigenvalue weighted by Crippen LogP contribution is -2.28. The number of carbonyl (C=O) groups is 2. The van der Waals surface area contributed by atoms with Crippen molar-refractivity contribution >= 4 is 23.6 Å². The number of carbonyl (C=O) groups excluding carboxylic acids is 2. The second-order valence-electron chi connectivity index (χ2n) is 3.87. The molecule has 0 heterocycles. The minimum Gasteiger partial charge on any atom is -0.447 e. The fourth-order valence-electron chi connectivity index (χ4n) is 1.44. The zero-order valence-corrected chi connectivity index (χ0v) is 11.7. The Morgan fingerprint density at radius 1 is 1.25 bits per heavy atom. The summed E-state index contributed by atoms with van der Waals surface area (Å²) >= 11 is 5.70. The van der Waals surface area contributed by atoms with E-state index >= 15 is 0 Å². The van der Waals surface area contributed by atoms with Crippen LogP contribution in [0.1, 0.15) is 15.9 Å². The Kier molecular flexibility index (Phi) is 7.46. The second-order valence-corrected chi connectivity index (χ2v) is 4.14. The van der Waals surface area contributed by atoms with Crippen LogP contribution in [0.15, 0.2) is 24.3 Å². The molecule has 0 radical (unpaired) electrons. The normalized spacial score (nSPS) is 10.1. The summed E-state index contributed by atoms with van der Waals surface area (Å²) < 4.78 is 9.62. The molecule has 1 aromatic carbocycles. The molecular formula is C13H17ClN2O4. The van der Waals surface area contributed by atoms with Crippen molar-refractivity contribution in [2.45, 2.75) is 5.88 Å². The van der Waals surface area contributed by atoms with Crippen LogP contribution in [-0.4, -0.2) is 38.4 Å². The van der Waals surface area contributed by atoms with Crippen molar-refractivity contribution in [1.82, 2.24) is 5.32 Å². The fourth-order valence-corrected chi connectivity index (χ4v) is 1.60. The SMILES string of the molecule is NC(=O)OCCOCCNC(=O)c1cccc(CCl)c1. The van der Waals surface area contributed by atoms with Crippen LogP contribution in [0.25, 0.3) is 0 Å². The van der Waals surface area contributed by atoms with Gasteiger partial charge in [0.15, 0.2) is 0 Å². The molecule has 3 N–H and O–H groups in total. The van der Waals surface area contributed by atoms with Crippen molar-refractivity contribution in [3.63, 3.8) is 0 Å². The Hall–Kier alpha value is -1.79. The van der Waals surface area contributed by atoms with Gasteiger partial charge in [-0.1, -0.05) is 12.1 Å². The highest BCUT2D eigenvalue weighted by atomic mass is 35.5. The number of rotatable bonds is 8. The third-order valence-corrected chi connectivity index (χ3v) is 2.66. The van der Waals surface area contributed by atoms with Crippen LogP contribution >= 0.6 is 11.6 Å². The fraction of sp³-hybridized carbons (Fsp3) is 0.385. The van der Waals surface area contributed by atoms with E-state index in [4.69, 9.17) is 22.1 Å². The number of primary amides is 1. The van der Waals surface area contributed by atoms with Crippen molar-refractivity contribution in [3.8, 4) is 0 Å². The van der Waals surface area contributed by atoms with E-state index in [0.29, 0.717) is 24.6 Å². The molecule has 0 saturated carbocycles. The second kappa shape index (κ2) is 9.17. The molecule has 0 aliphatic rings. The average Bonchev–Trinajstić information content (AvgIpc) is 2.45. The van der Waals surface area contributed by atoms with Crippen LogP contribution in [0.4, 0.5) is 4.79 Å². The van der Waals surface area contributed by atoms with Gasteiger partial charge in [0, 0.05) is 18.0 Å². The first-order valence-electron chi connectivity index (χ1n) is 6.06. The lowest BCUT2D eigenvalue weighted by atomic mass is 10.1. The number of benzene rings is 1. The third kappa shape index (κ3) is 6.40. The van der Waals surface area contributed by atoms with Gasteiger partial charge in [-0.3, -0.25) is 4.79 Å². The Labute approximate surface area is 122 Å². The predicted octanol–water partition coefficient (Wildman–Crippen LogP) is 1.27. The maximum atomic E-state index is 11.8. The zero-order valence-electron chi connectivity index (χ0n) is 10.9. The Morgan fingerprint density at radius 2 is 2.05 bits per heavy atom. The van der Waals surface area contributed by atoms with Crippen molar-refractivity contribution < 1.29 is 19.1 Å². The summed E-state index contributed by atoms with van der Waals surface area (Å²) in [5, 5.41) is 2.71. The zero-order chi connectivity index (χ0) is 14.8. The molecule has 0 saturated heterocycles. The topological polar surface area (TPSA) is 90.7 Å². The molecule has 1 rings (SSSR count). The van der Waals surface area contributed by atoms with Gasteiger partial charge in [-0.15, -0.1) is 11.6 Å². The highest BCUT2D eigenvalue weighted by Gasteiger charge is 2.05. The molecule has 7 heteroatoms. The lowest BCUT2D eigenvalue weighted by Gasteiger charge is -2.07. The van der Waals surface area contributed by atoms with Gasteiger partial charge in [0.05, 0.1) is 13.2 Å². The average molecular weight is 301 g/mol. The number of alkyl halides is 1. The predicted molar refractivity (Wildman–Crippen MR) is 74.7 cm³/mol. The Balaban J connectivity index is 2.18. The molecule has 0 unspecified atom stereocenters. The van der Waals surface area contributed by atoms with Gasteiger partial charge >= 0.3 is 6.09 Å². The molecule has 0 aromatic heterocycles. The number of halogens is 1. The summed E-state index contributed by atoms with van der Waals surface area (Å²) in [7, 11) is 0. The van der Waals surface area contributed by atoms with E-state index in [1.807, 2.05) is 6.07 Å². The van der Waals surface area contributed by atoms with Gasteiger partial charge in [-0.05, 0) is 17.7 Å². The molecule has 0 aliphatic carbocycles. The van der Waals surface area contributed by atoms with Crippen molar-refractivity contribution in [2.75, 3.05) is 26.4 Å². The summed E-state index contributed by atoms with van der Waals surface area (Å²) in [4.78, 5) is 22.1. The van der Waals surface area contributed by atoms with Crippen molar-refractivity contribution in [1.29, 1.82) is 0 Å². The molecule has 0 bridgehead atoms. The number of hydrogen-bond acceptors (Lipinski definition) is 4. The molecule has 0 fully saturated rings. The summed E-state index contributed by atoms with van der Waals surface area (Å²) in [5.74, 6) is 0.179. The highest BCUT2D eigenvalue weighted by molar-refractivity contribution is 6.17. The van der Waals surface area contributed by atoms with E-state index in [2.05, 4.69) is 10.1 Å². The minimum absolute atomic E-state index is 0.0983. The van der Waals surface area contributed by atoms with E-state index in [1.165, 1.54) is 0 Å². The van der Waals surface area contributed by atoms with E-state index < -0.39 is 6.09 Å². The van der Waals surface area contributed by atoms with Gasteiger partial charge in [0.1, 0.15) is 6.61 Å². The van der Waals surface area contributed by atoms with Crippen LogP contribution in [0.2, 0.25) is 0 Å². The molecule has 1 aromatic rings. The summed E-state index contributed by atoms with van der Waals surface area (Å²) in [6, 6.07) is 7.09. The lowest BCUT2D eigenvalue weighted by molar-refractivity contribution is 0.0745. The molecule has 110 valence electrons. The molecule has 0 aliphatic heterocycles. The molecule has 0 atom stereocenters. The van der Waals surface area contributed by atoms with Gasteiger partial charge in [0.25, 0.3) is 5.91 Å². The van der Waals surface area contributed by atoms with Crippen molar-refractivity contribution in [3.05, 3.63) is 35.4 Å². The largest absolute Gasteiger partial charge is 0.447 e. The first kappa shape index (κ1) is 16.3. The van der Waals surface area contributed by atoms with E-state index in [9.17, 15) is 9.59 Å². The monoisotopic (exact) mass is 300 g/mol. The van der Waals surface area contributed by atoms with Gasteiger partial charge in [-0.2, -0.15) is 0 Å². The van der Waals surface area contributed by atoms with Crippen LogP contribution < -0.4 is 11.1 Å². The smallest absolute Gasteiger partial charge is 0.404 e. The third-order valence-electron chi connectivity index (χ3n) is 2.35. The number of nitrogens with two attached hydrogens (primary N) is 1. The molecule has 2 amide bonds. The maximum absolute atomic E-state index is 11.8. The molecule has 20 heavy (non-hydrogen) atoms. The Morgan fingerprint density at radius 3 is 2.75 bits per heavy atom. The molecule has 6 nitrogen and oxygen atoms in total. The quantitative estimate of drug-likeness (QED) is 0.559. The first-order chi connectivity index (χ1) is 9.63. The maximum Gasteiger partial charge on any atom is 0.404 e. The number of amides is 2. The van der Waals surface area contributed by atoms with Gasteiger partial charge in [0.2, 0.25) is 0 Å². The van der Waals surface area contributed by atoms with Crippen LogP contribution in [0.3, 0.4) is 0 Å². The summed E-state index contributed by atoms with van der Waals surface area (Å²) in [5.41, 5.74) is 6.22. The van der Waals surface area contributed by atoms with Gasteiger partial charge in [-0.25, -0.2) is 4.79 Å². The number of hydrogen-bond donors (Lipinski definition) is 2. The molecule has 0 spiro atoms. The van der Waals surface area contributed by atoms with Crippen LogP contribution in [0.5, 0.6) is 0 Å². The standard InChI is InChI=1S/C13H17ClN2O4/c14-9-10-2-1-3-11(8-10)12(17)16-4-5-19-6-7-20-13(15)18/h1-3,8H,4-7,9H2,(H2,15,18)(H,16,17). The summed E-state index contributed by atoms with van der Waals surface area (Å²) in [6.07, 6.45) is -0.832. The van der Waals surface area contributed by atoms with E-state index in [-0.39, 0.29) is 19.1 Å². The van der Waals surface area contributed by atoms with E-state index in [1.54, 1.807) is 18.2 Å². The van der Waals surface area contributed by atoms with E-state index in [0.717, 1.165) is 5.56 Å². The summed E-state index contributed by atoms with van der Waals surface area (Å²) in [6.45, 7) is 1.02. The minimum atomic E-state index is -0.832. The van der Waals surface area contributed by atoms with Gasteiger partial charge < -0.3 is 20.5 Å².